The Morgan fingerprint density at radius 3 is 1.40 bits per heavy atom. The Balaban J connectivity index is 0.000000158. The zero-order valence-electron chi connectivity index (χ0n) is 37.0. The number of carbonyl (C=O) groups is 2. The van der Waals surface area contributed by atoms with Gasteiger partial charge in [0.2, 0.25) is 11.8 Å². The Kier molecular flexibility index (Phi) is 12.4. The summed E-state index contributed by atoms with van der Waals surface area (Å²) >= 11 is 0. The average Bonchev–Trinajstić information content (AvgIpc) is 4.25. The molecule has 2 aliphatic heterocycles. The highest BCUT2D eigenvalue weighted by Crippen LogP contribution is 2.41. The fourth-order valence-electron chi connectivity index (χ4n) is 9.44. The molecule has 62 heavy (non-hydrogen) atoms. The van der Waals surface area contributed by atoms with Crippen molar-refractivity contribution in [1.29, 1.82) is 0 Å². The summed E-state index contributed by atoms with van der Waals surface area (Å²) in [6.07, 6.45) is 16.4. The van der Waals surface area contributed by atoms with Gasteiger partial charge in [0.25, 0.3) is 0 Å². The van der Waals surface area contributed by atoms with Gasteiger partial charge in [-0.15, -0.1) is 0 Å². The second-order valence-electron chi connectivity index (χ2n) is 19.1. The smallest absolute Gasteiger partial charge is 0.230 e. The Morgan fingerprint density at radius 2 is 1.03 bits per heavy atom. The molecule has 328 valence electrons. The summed E-state index contributed by atoms with van der Waals surface area (Å²) in [6.45, 7) is 7.26. The Morgan fingerprint density at radius 1 is 0.629 bits per heavy atom. The number of nitrogens with zero attached hydrogens (tertiary/aromatic N) is 4. The van der Waals surface area contributed by atoms with Crippen molar-refractivity contribution in [3.8, 4) is 0 Å². The van der Waals surface area contributed by atoms with Crippen LogP contribution in [0.15, 0.2) is 73.1 Å². The number of pyridine rings is 2. The molecule has 4 saturated carbocycles. The van der Waals surface area contributed by atoms with Crippen molar-refractivity contribution < 1.29 is 19.1 Å². The molecule has 2 amide bonds. The Labute approximate surface area is 367 Å². The third-order valence-electron chi connectivity index (χ3n) is 14.3. The predicted octanol–water partition coefficient (Wildman–Crippen LogP) is 9.04. The van der Waals surface area contributed by atoms with Crippen LogP contribution in [0.3, 0.4) is 0 Å². The van der Waals surface area contributed by atoms with Crippen molar-refractivity contribution in [2.45, 2.75) is 140 Å². The summed E-state index contributed by atoms with van der Waals surface area (Å²) < 4.78 is 11.0. The maximum absolute atomic E-state index is 13.7. The van der Waals surface area contributed by atoms with Gasteiger partial charge in [0.1, 0.15) is 11.6 Å². The second-order valence-corrected chi connectivity index (χ2v) is 19.1. The molecule has 0 saturated heterocycles. The molecule has 0 bridgehead atoms. The van der Waals surface area contributed by atoms with Gasteiger partial charge in [-0.3, -0.25) is 9.59 Å². The average molecular weight is 841 g/mol. The SMILES string of the molecule is COC1CCC(C(=O)N2Cc3cccnc3Nc3ccc(CNC4(C)CC4)cc32)CC1.COC1CCC(C(=O)N2Cc3cccnc3Nc3ccc(CNC4(C)CC4)cc32)CC1. The lowest BCUT2D eigenvalue weighted by Gasteiger charge is -2.32. The van der Waals surface area contributed by atoms with Crippen LogP contribution in [-0.2, 0) is 45.2 Å². The number of ether oxygens (including phenoxy) is 2. The van der Waals surface area contributed by atoms with E-state index in [1.165, 1.54) is 36.8 Å². The number of amides is 2. The molecule has 10 rings (SSSR count). The van der Waals surface area contributed by atoms with Gasteiger partial charge in [-0.1, -0.05) is 24.3 Å². The summed E-state index contributed by atoms with van der Waals surface area (Å²) in [4.78, 5) is 40.5. The molecule has 4 fully saturated rings. The van der Waals surface area contributed by atoms with Crippen molar-refractivity contribution in [2.24, 2.45) is 11.8 Å². The number of benzene rings is 2. The Bertz CT molecular complexity index is 2080. The number of hydrogen-bond donors (Lipinski definition) is 4. The largest absolute Gasteiger partial charge is 0.381 e. The highest BCUT2D eigenvalue weighted by molar-refractivity contribution is 6.00. The van der Waals surface area contributed by atoms with Crippen LogP contribution >= 0.6 is 0 Å². The van der Waals surface area contributed by atoms with Crippen LogP contribution in [0.5, 0.6) is 0 Å². The molecule has 4 N–H and O–H groups in total. The van der Waals surface area contributed by atoms with Gasteiger partial charge in [-0.2, -0.15) is 0 Å². The van der Waals surface area contributed by atoms with E-state index in [-0.39, 0.29) is 46.9 Å². The fourth-order valence-corrected chi connectivity index (χ4v) is 9.44. The molecule has 12 nitrogen and oxygen atoms in total. The lowest BCUT2D eigenvalue weighted by Crippen LogP contribution is -2.38. The van der Waals surface area contributed by atoms with E-state index < -0.39 is 0 Å². The lowest BCUT2D eigenvalue weighted by atomic mass is 9.86. The Hall–Kier alpha value is -4.88. The maximum atomic E-state index is 13.7. The monoisotopic (exact) mass is 841 g/mol. The number of hydrogen-bond acceptors (Lipinski definition) is 10. The van der Waals surface area contributed by atoms with E-state index in [0.717, 1.165) is 110 Å². The van der Waals surface area contributed by atoms with E-state index in [9.17, 15) is 9.59 Å². The third-order valence-corrected chi connectivity index (χ3v) is 14.3. The van der Waals surface area contributed by atoms with Crippen molar-refractivity contribution in [2.75, 3.05) is 34.7 Å². The highest BCUT2D eigenvalue weighted by Gasteiger charge is 2.38. The first-order chi connectivity index (χ1) is 30.1. The molecule has 2 aromatic heterocycles. The van der Waals surface area contributed by atoms with E-state index in [1.807, 2.05) is 21.9 Å². The number of fused-ring (bicyclic) bond motifs is 4. The molecular weight excluding hydrogens is 777 g/mol. The van der Waals surface area contributed by atoms with Crippen molar-refractivity contribution >= 4 is 46.2 Å². The predicted molar refractivity (Wildman–Crippen MR) is 245 cm³/mol. The molecule has 4 aliphatic carbocycles. The standard InChI is InChI=1S/2C25H32N4O2/c2*1-25(11-12-25)27-15-17-5-10-21-22(14-17)29(16-19-4-3-13-26-23(19)28-21)24(30)18-6-8-20(31-2)9-7-18/h2*3-5,10,13-14,18,20,27H,6-9,11-12,15-16H2,1-2H3,(H,26,28). The van der Waals surface area contributed by atoms with Crippen molar-refractivity contribution in [3.05, 3.63) is 95.3 Å². The summed E-state index contributed by atoms with van der Waals surface area (Å²) in [5, 5.41) is 14.3. The van der Waals surface area contributed by atoms with Gasteiger partial charge in [0.05, 0.1) is 48.0 Å². The van der Waals surface area contributed by atoms with Crippen LogP contribution in [-0.4, -0.2) is 59.3 Å². The van der Waals surface area contributed by atoms with Gasteiger partial charge in [-0.25, -0.2) is 9.97 Å². The molecule has 12 heteroatoms. The van der Waals surface area contributed by atoms with E-state index in [4.69, 9.17) is 9.47 Å². The number of anilines is 6. The fraction of sp³-hybridized carbons (Fsp3) is 0.520. The number of carbonyl (C=O) groups excluding carboxylic acids is 2. The summed E-state index contributed by atoms with van der Waals surface area (Å²) in [6, 6.07) is 20.8. The molecule has 6 aliphatic rings. The molecular formula is C50H64N8O4. The van der Waals surface area contributed by atoms with E-state index in [1.54, 1.807) is 26.6 Å². The van der Waals surface area contributed by atoms with Crippen LogP contribution < -0.4 is 31.1 Å². The molecule has 0 atom stereocenters. The number of methoxy groups -OCH3 is 2. The van der Waals surface area contributed by atoms with Gasteiger partial charge >= 0.3 is 0 Å². The summed E-state index contributed by atoms with van der Waals surface area (Å²) in [5.41, 5.74) is 8.85. The molecule has 0 radical (unpaired) electrons. The number of nitrogens with one attached hydrogen (secondary N) is 4. The second kappa shape index (κ2) is 18.1. The zero-order chi connectivity index (χ0) is 42.8. The minimum atomic E-state index is 0.0460. The van der Waals surface area contributed by atoms with Crippen molar-refractivity contribution in [1.82, 2.24) is 20.6 Å². The van der Waals surface area contributed by atoms with Crippen LogP contribution in [0.4, 0.5) is 34.4 Å². The van der Waals surface area contributed by atoms with Gasteiger partial charge < -0.3 is 40.5 Å². The zero-order valence-corrected chi connectivity index (χ0v) is 37.0. The molecule has 4 aromatic rings. The molecule has 4 heterocycles. The minimum absolute atomic E-state index is 0.0460. The van der Waals surface area contributed by atoms with E-state index in [2.05, 4.69) is 93.6 Å². The first kappa shape index (κ1) is 42.4. The van der Waals surface area contributed by atoms with E-state index in [0.29, 0.717) is 13.1 Å². The summed E-state index contributed by atoms with van der Waals surface area (Å²) in [5.74, 6) is 2.19. The van der Waals surface area contributed by atoms with Gasteiger partial charge in [0.15, 0.2) is 0 Å². The first-order valence-corrected chi connectivity index (χ1v) is 23.0. The third kappa shape index (κ3) is 9.68. The minimum Gasteiger partial charge on any atom is -0.381 e. The maximum Gasteiger partial charge on any atom is 0.230 e. The number of aromatic nitrogens is 2. The molecule has 2 aromatic carbocycles. The van der Waals surface area contributed by atoms with Crippen molar-refractivity contribution in [3.63, 3.8) is 0 Å². The van der Waals surface area contributed by atoms with Crippen LogP contribution in [0, 0.1) is 11.8 Å². The lowest BCUT2D eigenvalue weighted by molar-refractivity contribution is -0.125. The highest BCUT2D eigenvalue weighted by atomic mass is 16.5. The quantitative estimate of drug-likeness (QED) is 0.123. The van der Waals surface area contributed by atoms with Crippen LogP contribution in [0.1, 0.15) is 113 Å². The molecule has 0 spiro atoms. The normalized spacial score (nSPS) is 23.9. The van der Waals surface area contributed by atoms with Crippen LogP contribution in [0.25, 0.3) is 0 Å². The first-order valence-electron chi connectivity index (χ1n) is 23.0. The van der Waals surface area contributed by atoms with Gasteiger partial charge in [-0.05, 0) is 138 Å². The van der Waals surface area contributed by atoms with Gasteiger partial charge in [0, 0.05) is 73.7 Å². The van der Waals surface area contributed by atoms with E-state index >= 15 is 0 Å². The topological polar surface area (TPSA) is 133 Å². The number of rotatable bonds is 10. The van der Waals surface area contributed by atoms with Crippen LogP contribution in [0.2, 0.25) is 0 Å². The molecule has 0 unspecified atom stereocenters. The summed E-state index contributed by atoms with van der Waals surface area (Å²) in [7, 11) is 3.54.